The van der Waals surface area contributed by atoms with Crippen LogP contribution in [-0.4, -0.2) is 15.2 Å². The van der Waals surface area contributed by atoms with Gasteiger partial charge in [0.05, 0.1) is 15.7 Å². The molecule has 1 aromatic heterocycles. The monoisotopic (exact) mass is 315 g/mol. The number of fused-ring (bicyclic) bond motifs is 1. The van der Waals surface area contributed by atoms with Crippen molar-refractivity contribution in [3.8, 4) is 22.8 Å². The highest BCUT2D eigenvalue weighted by Gasteiger charge is 2.07. The highest BCUT2D eigenvalue weighted by Crippen LogP contribution is 2.32. The summed E-state index contributed by atoms with van der Waals surface area (Å²) in [5, 5.41) is 19.8. The minimum Gasteiger partial charge on any atom is -0.508 e. The second-order valence-corrected chi connectivity index (χ2v) is 5.00. The van der Waals surface area contributed by atoms with Crippen LogP contribution in [0.2, 0.25) is 0 Å². The molecule has 3 rings (SSSR count). The van der Waals surface area contributed by atoms with Gasteiger partial charge in [0.25, 0.3) is 0 Å². The third-order valence-corrected chi connectivity index (χ3v) is 3.78. The molecule has 0 atom stereocenters. The average Bonchev–Trinajstić information content (AvgIpc) is 2.43. The lowest BCUT2D eigenvalue weighted by Gasteiger charge is -2.06. The minimum atomic E-state index is 0.201. The van der Waals surface area contributed by atoms with Gasteiger partial charge in [0.15, 0.2) is 0 Å². The third kappa shape index (κ3) is 2.15. The van der Waals surface area contributed by atoms with Crippen LogP contribution in [0.3, 0.4) is 0 Å². The molecule has 0 radical (unpaired) electrons. The van der Waals surface area contributed by atoms with Crippen LogP contribution in [-0.2, 0) is 0 Å². The molecule has 0 aliphatic carbocycles. The van der Waals surface area contributed by atoms with E-state index in [0.29, 0.717) is 4.47 Å². The molecule has 2 aromatic carbocycles. The first kappa shape index (κ1) is 12.0. The summed E-state index contributed by atoms with van der Waals surface area (Å²) in [6.45, 7) is 0. The van der Waals surface area contributed by atoms with Crippen molar-refractivity contribution >= 4 is 26.8 Å². The number of rotatable bonds is 1. The van der Waals surface area contributed by atoms with Gasteiger partial charge in [-0.1, -0.05) is 0 Å². The Morgan fingerprint density at radius 2 is 1.58 bits per heavy atom. The number of nitrogens with zero attached hydrogens (tertiary/aromatic N) is 1. The van der Waals surface area contributed by atoms with Crippen LogP contribution in [0.1, 0.15) is 0 Å². The summed E-state index contributed by atoms with van der Waals surface area (Å²) in [5.41, 5.74) is 2.56. The van der Waals surface area contributed by atoms with Crippen molar-refractivity contribution in [2.24, 2.45) is 0 Å². The standard InChI is InChI=1S/C15H10BrNO2/c16-15-11-5-6-12(9-1-3-10(18)4-2-9)17-13(11)7-8-14(15)19/h1-8,18-19H. The van der Waals surface area contributed by atoms with Crippen molar-refractivity contribution in [3.63, 3.8) is 0 Å². The fourth-order valence-corrected chi connectivity index (χ4v) is 2.42. The summed E-state index contributed by atoms with van der Waals surface area (Å²) in [7, 11) is 0. The van der Waals surface area contributed by atoms with Gasteiger partial charge in [0.2, 0.25) is 0 Å². The number of phenolic OH excluding ortho intramolecular Hbond substituents is 2. The van der Waals surface area contributed by atoms with Gasteiger partial charge in [-0.25, -0.2) is 4.98 Å². The van der Waals surface area contributed by atoms with E-state index in [9.17, 15) is 10.2 Å². The van der Waals surface area contributed by atoms with E-state index in [1.165, 1.54) is 0 Å². The predicted octanol–water partition coefficient (Wildman–Crippen LogP) is 4.08. The summed E-state index contributed by atoms with van der Waals surface area (Å²) in [5.74, 6) is 0.434. The van der Waals surface area contributed by atoms with Crippen LogP contribution in [0.5, 0.6) is 11.5 Å². The predicted molar refractivity (Wildman–Crippen MR) is 78.2 cm³/mol. The number of aromatic hydroxyl groups is 2. The normalized spacial score (nSPS) is 10.8. The molecule has 1 heterocycles. The average molecular weight is 316 g/mol. The van der Waals surface area contributed by atoms with Crippen molar-refractivity contribution < 1.29 is 10.2 Å². The van der Waals surface area contributed by atoms with Crippen molar-refractivity contribution in [2.75, 3.05) is 0 Å². The number of benzene rings is 2. The zero-order valence-corrected chi connectivity index (χ0v) is 11.4. The maximum atomic E-state index is 9.63. The molecule has 0 saturated carbocycles. The van der Waals surface area contributed by atoms with Gasteiger partial charge in [-0.05, 0) is 64.5 Å². The number of aromatic nitrogens is 1. The SMILES string of the molecule is Oc1ccc(-c2ccc3c(Br)c(O)ccc3n2)cc1. The first-order valence-corrected chi connectivity index (χ1v) is 6.52. The second-order valence-electron chi connectivity index (χ2n) is 4.21. The van der Waals surface area contributed by atoms with Gasteiger partial charge in [-0.2, -0.15) is 0 Å². The molecule has 0 unspecified atom stereocenters. The fraction of sp³-hybridized carbons (Fsp3) is 0. The maximum absolute atomic E-state index is 9.63. The molecule has 94 valence electrons. The summed E-state index contributed by atoms with van der Waals surface area (Å²) in [6.07, 6.45) is 0. The Bertz CT molecular complexity index is 754. The van der Waals surface area contributed by atoms with Crippen molar-refractivity contribution in [3.05, 3.63) is 53.0 Å². The van der Waals surface area contributed by atoms with Crippen molar-refractivity contribution in [1.29, 1.82) is 0 Å². The van der Waals surface area contributed by atoms with E-state index >= 15 is 0 Å². The number of phenols is 2. The van der Waals surface area contributed by atoms with E-state index in [0.717, 1.165) is 22.2 Å². The van der Waals surface area contributed by atoms with Crippen LogP contribution in [0, 0.1) is 0 Å². The highest BCUT2D eigenvalue weighted by molar-refractivity contribution is 9.10. The first-order chi connectivity index (χ1) is 9.15. The van der Waals surface area contributed by atoms with E-state index in [4.69, 9.17) is 0 Å². The molecular formula is C15H10BrNO2. The van der Waals surface area contributed by atoms with E-state index in [-0.39, 0.29) is 11.5 Å². The smallest absolute Gasteiger partial charge is 0.130 e. The molecule has 19 heavy (non-hydrogen) atoms. The summed E-state index contributed by atoms with van der Waals surface area (Å²) >= 11 is 3.35. The molecule has 0 fully saturated rings. The lowest BCUT2D eigenvalue weighted by Crippen LogP contribution is -1.86. The summed E-state index contributed by atoms with van der Waals surface area (Å²) in [4.78, 5) is 4.55. The topological polar surface area (TPSA) is 53.4 Å². The van der Waals surface area contributed by atoms with Crippen LogP contribution < -0.4 is 0 Å². The Morgan fingerprint density at radius 3 is 2.32 bits per heavy atom. The summed E-state index contributed by atoms with van der Waals surface area (Å²) in [6, 6.07) is 14.1. The zero-order chi connectivity index (χ0) is 13.4. The number of hydrogen-bond acceptors (Lipinski definition) is 3. The van der Waals surface area contributed by atoms with E-state index in [1.54, 1.807) is 24.3 Å². The van der Waals surface area contributed by atoms with Gasteiger partial charge < -0.3 is 10.2 Å². The van der Waals surface area contributed by atoms with Gasteiger partial charge in [0.1, 0.15) is 11.5 Å². The number of hydrogen-bond donors (Lipinski definition) is 2. The molecule has 2 N–H and O–H groups in total. The van der Waals surface area contributed by atoms with Gasteiger partial charge in [-0.3, -0.25) is 0 Å². The maximum Gasteiger partial charge on any atom is 0.130 e. The Kier molecular flexibility index (Phi) is 2.87. The third-order valence-electron chi connectivity index (χ3n) is 2.95. The Balaban J connectivity index is 2.17. The molecule has 0 bridgehead atoms. The molecular weight excluding hydrogens is 306 g/mol. The van der Waals surface area contributed by atoms with Crippen LogP contribution in [0.15, 0.2) is 53.0 Å². The number of pyridine rings is 1. The van der Waals surface area contributed by atoms with Crippen LogP contribution >= 0.6 is 15.9 Å². The van der Waals surface area contributed by atoms with Gasteiger partial charge in [-0.15, -0.1) is 0 Å². The van der Waals surface area contributed by atoms with Crippen molar-refractivity contribution in [2.45, 2.75) is 0 Å². The zero-order valence-electron chi connectivity index (χ0n) is 9.84. The Morgan fingerprint density at radius 1 is 0.842 bits per heavy atom. The first-order valence-electron chi connectivity index (χ1n) is 5.73. The van der Waals surface area contributed by atoms with E-state index in [1.807, 2.05) is 24.3 Å². The lowest BCUT2D eigenvalue weighted by atomic mass is 10.1. The van der Waals surface area contributed by atoms with Gasteiger partial charge >= 0.3 is 0 Å². The van der Waals surface area contributed by atoms with Gasteiger partial charge in [0, 0.05) is 10.9 Å². The summed E-state index contributed by atoms with van der Waals surface area (Å²) < 4.78 is 0.648. The second kappa shape index (κ2) is 4.55. The molecule has 4 heteroatoms. The molecule has 0 spiro atoms. The fourth-order valence-electron chi connectivity index (χ4n) is 1.95. The van der Waals surface area contributed by atoms with E-state index < -0.39 is 0 Å². The molecule has 0 aliphatic heterocycles. The Labute approximate surface area is 118 Å². The largest absolute Gasteiger partial charge is 0.508 e. The van der Waals surface area contributed by atoms with Crippen molar-refractivity contribution in [1.82, 2.24) is 4.98 Å². The molecule has 3 nitrogen and oxygen atoms in total. The Hall–Kier alpha value is -2.07. The quantitative estimate of drug-likeness (QED) is 0.711. The lowest BCUT2D eigenvalue weighted by molar-refractivity contribution is 0.473. The molecule has 0 amide bonds. The van der Waals surface area contributed by atoms with Crippen LogP contribution in [0.25, 0.3) is 22.2 Å². The highest BCUT2D eigenvalue weighted by atomic mass is 79.9. The molecule has 3 aromatic rings. The minimum absolute atomic E-state index is 0.201. The van der Waals surface area contributed by atoms with E-state index in [2.05, 4.69) is 20.9 Å². The van der Waals surface area contributed by atoms with Crippen LogP contribution in [0.4, 0.5) is 0 Å². The molecule has 0 aliphatic rings. The molecule has 0 saturated heterocycles. The number of halogens is 1.